The Kier molecular flexibility index (Phi) is 31.2. The second-order valence-electron chi connectivity index (χ2n) is 20.3. The minimum Gasteiger partial charge on any atom is -0.481 e. The summed E-state index contributed by atoms with van der Waals surface area (Å²) < 4.78 is 0. The summed E-state index contributed by atoms with van der Waals surface area (Å²) in [5.41, 5.74) is 26.9. The number of carbonyl (C=O) groups is 15. The first-order chi connectivity index (χ1) is 40.4. The lowest BCUT2D eigenvalue weighted by molar-refractivity contribution is -0.144. The van der Waals surface area contributed by atoms with Crippen LogP contribution in [0.3, 0.4) is 0 Å². The Hall–Kier alpha value is -8.45. The molecule has 0 aliphatic carbocycles. The summed E-state index contributed by atoms with van der Waals surface area (Å²) in [5.74, 6) is -15.5. The maximum atomic E-state index is 14.0. The highest BCUT2D eigenvalue weighted by Gasteiger charge is 2.42. The van der Waals surface area contributed by atoms with Crippen LogP contribution in [0.25, 0.3) is 0 Å². The van der Waals surface area contributed by atoms with Crippen molar-refractivity contribution in [1.82, 2.24) is 57.7 Å². The molecule has 37 heteroatoms. The van der Waals surface area contributed by atoms with Crippen LogP contribution in [0.4, 0.5) is 0 Å². The number of aliphatic carboxylic acids is 2. The molecule has 2 fully saturated rings. The number of hydrogen-bond acceptors (Lipinski definition) is 20. The number of hydrogen-bond donors (Lipinski definition) is 18. The quantitative estimate of drug-likeness (QED) is 0.0156. The molecule has 0 bridgehead atoms. The predicted octanol–water partition coefficient (Wildman–Crippen LogP) is -9.79. The van der Waals surface area contributed by atoms with Gasteiger partial charge in [-0.2, -0.15) is 11.8 Å². The van der Waals surface area contributed by atoms with Crippen molar-refractivity contribution in [2.24, 2.45) is 33.7 Å². The number of carboxylic acids is 2. The fourth-order valence-corrected chi connectivity index (χ4v) is 9.23. The number of rotatable bonds is 37. The molecule has 36 nitrogen and oxygen atoms in total. The average Bonchev–Trinajstić information content (AvgIpc) is 4.35. The Balaban J connectivity index is 2.19. The Morgan fingerprint density at radius 3 is 1.50 bits per heavy atom. The van der Waals surface area contributed by atoms with E-state index in [0.29, 0.717) is 12.2 Å². The molecule has 2 aliphatic rings. The maximum Gasteiger partial charge on any atom is 0.326 e. The molecule has 13 amide bonds. The molecule has 2 heterocycles. The van der Waals surface area contributed by atoms with Crippen LogP contribution in [0.1, 0.15) is 91.4 Å². The monoisotopic (exact) mass is 1240 g/mol. The van der Waals surface area contributed by atoms with Crippen molar-refractivity contribution in [2.75, 3.05) is 44.9 Å². The Bertz CT molecular complexity index is 2520. The van der Waals surface area contributed by atoms with E-state index in [-0.39, 0.29) is 64.1 Å². The van der Waals surface area contributed by atoms with Crippen LogP contribution in [0, 0.1) is 0 Å². The van der Waals surface area contributed by atoms with Crippen LogP contribution in [0.15, 0.2) is 4.99 Å². The van der Waals surface area contributed by atoms with Gasteiger partial charge in [0.1, 0.15) is 72.5 Å². The lowest BCUT2D eigenvalue weighted by Gasteiger charge is -2.30. The van der Waals surface area contributed by atoms with E-state index in [2.05, 4.69) is 52.8 Å². The van der Waals surface area contributed by atoms with Gasteiger partial charge in [-0.25, -0.2) is 4.79 Å². The number of nitrogens with two attached hydrogens (primary N) is 5. The van der Waals surface area contributed by atoms with Crippen LogP contribution in [-0.4, -0.2) is 242 Å². The molecule has 2 aliphatic heterocycles. The number of aliphatic imine (C=N–C) groups is 1. The van der Waals surface area contributed by atoms with Crippen LogP contribution >= 0.6 is 11.8 Å². The van der Waals surface area contributed by atoms with Crippen LogP contribution in [-0.2, 0) is 71.9 Å². The number of primary amides is 2. The fourth-order valence-electron chi connectivity index (χ4n) is 8.76. The zero-order valence-corrected chi connectivity index (χ0v) is 48.8. The van der Waals surface area contributed by atoms with E-state index in [9.17, 15) is 82.1 Å². The van der Waals surface area contributed by atoms with Gasteiger partial charge in [-0.3, -0.25) is 72.1 Å². The van der Waals surface area contributed by atoms with E-state index in [1.807, 2.05) is 0 Å². The summed E-state index contributed by atoms with van der Waals surface area (Å²) in [6.45, 7) is 1.84. The Morgan fingerprint density at radius 1 is 0.523 bits per heavy atom. The highest BCUT2D eigenvalue weighted by Crippen LogP contribution is 2.21. The standard InChI is InChI=1S/C49H81N17O19S/c1-22(56-39(75)25(50)20-67)38(74)62-29(18-34(51)69)42(78)64-31(21-68)43(79)63-30(19-35(52)70)47(83)66-16-7-9-32(66)44(80)57-23(2)37(73)59-27(13-17-86-4)40(76)58-24(3)46(82)65-15-6-10-33(65)45(81)60-26(8-5-14-55-49(53)54)41(77)61-28(48(84)85)11-12-36(71)72/h22-33,67-68H,5-21,50H2,1-4H3,(H2,51,69)(H2,52,70)(H,56,75)(H,57,80)(H,58,76)(H,59,73)(H,60,81)(H,61,77)(H,62,74)(H,63,79)(H,64,78)(H,71,72)(H,84,85)(H4,53,54,55)/t22-,23-,24-,25-,26-,27-,28-,29-,30-,31-,32-,33-/m0/s1. The topological polar surface area (TPSA) is 594 Å². The average molecular weight is 1240 g/mol. The summed E-state index contributed by atoms with van der Waals surface area (Å²) in [4.78, 5) is 201. The highest BCUT2D eigenvalue weighted by molar-refractivity contribution is 7.98. The van der Waals surface area contributed by atoms with Crippen LogP contribution < -0.4 is 76.5 Å². The SMILES string of the molecule is CSCC[C@H](NC(=O)[C@H](C)NC(=O)[C@@H]1CCCN1C(=O)[C@H](CC(N)=O)NC(=O)[C@H](CO)NC(=O)[C@H](CC(N)=O)NC(=O)[C@H](C)NC(=O)[C@@H](N)CO)C(=O)N[C@@H](C)C(=O)N1CCC[C@H]1C(=O)N[C@@H](CCCN=C(N)N)C(=O)N[C@@H](CCC(=O)O)C(=O)O. The number of guanidine groups is 1. The van der Waals surface area contributed by atoms with Gasteiger partial charge in [-0.05, 0) is 84.1 Å². The molecule has 2 rings (SSSR count). The first kappa shape index (κ1) is 73.7. The number of nitrogens with zero attached hydrogens (tertiary/aromatic N) is 3. The predicted molar refractivity (Wildman–Crippen MR) is 301 cm³/mol. The molecule has 0 saturated carbocycles. The van der Waals surface area contributed by atoms with E-state index in [0.717, 1.165) is 4.90 Å². The number of carbonyl (C=O) groups excluding carboxylic acids is 13. The minimum atomic E-state index is -1.91. The first-order valence-electron chi connectivity index (χ1n) is 27.2. The number of aliphatic hydroxyl groups excluding tert-OH is 2. The molecule has 86 heavy (non-hydrogen) atoms. The lowest BCUT2D eigenvalue weighted by atomic mass is 10.1. The number of nitrogens with one attached hydrogen (secondary N) is 9. The van der Waals surface area contributed by atoms with Crippen molar-refractivity contribution in [1.29, 1.82) is 0 Å². The van der Waals surface area contributed by atoms with E-state index in [1.165, 1.54) is 37.4 Å². The third-order valence-corrected chi connectivity index (χ3v) is 14.0. The molecule has 0 aromatic rings. The van der Waals surface area contributed by atoms with Crippen molar-refractivity contribution in [2.45, 2.75) is 164 Å². The summed E-state index contributed by atoms with van der Waals surface area (Å²) in [6, 6.07) is -17.7. The second kappa shape index (κ2) is 36.4. The number of amides is 13. The Morgan fingerprint density at radius 2 is 0.977 bits per heavy atom. The summed E-state index contributed by atoms with van der Waals surface area (Å²) >= 11 is 1.32. The lowest BCUT2D eigenvalue weighted by Crippen LogP contribution is -2.61. The zero-order valence-electron chi connectivity index (χ0n) is 48.0. The molecule has 0 spiro atoms. The molecule has 23 N–H and O–H groups in total. The van der Waals surface area contributed by atoms with Gasteiger partial charge in [0.25, 0.3) is 0 Å². The van der Waals surface area contributed by atoms with Crippen molar-refractivity contribution >= 4 is 106 Å². The van der Waals surface area contributed by atoms with Gasteiger partial charge in [0.2, 0.25) is 76.8 Å². The zero-order chi connectivity index (χ0) is 65.1. The van der Waals surface area contributed by atoms with Gasteiger partial charge in [-0.1, -0.05) is 0 Å². The molecule has 2 saturated heterocycles. The number of carboxylic acid groups (broad SMARTS) is 2. The number of thioether (sulfide) groups is 1. The van der Waals surface area contributed by atoms with E-state index in [4.69, 9.17) is 38.9 Å². The van der Waals surface area contributed by atoms with Gasteiger partial charge >= 0.3 is 11.9 Å². The molecular weight excluding hydrogens is 1160 g/mol. The van der Waals surface area contributed by atoms with Gasteiger partial charge in [-0.15, -0.1) is 0 Å². The van der Waals surface area contributed by atoms with Gasteiger partial charge < -0.3 is 107 Å². The summed E-state index contributed by atoms with van der Waals surface area (Å²) in [5, 5.41) is 58.9. The molecule has 482 valence electrons. The van der Waals surface area contributed by atoms with Gasteiger partial charge in [0, 0.05) is 26.1 Å². The highest BCUT2D eigenvalue weighted by atomic mass is 32.2. The third-order valence-electron chi connectivity index (χ3n) is 13.4. The van der Waals surface area contributed by atoms with Crippen LogP contribution in [0.5, 0.6) is 0 Å². The summed E-state index contributed by atoms with van der Waals surface area (Å²) in [6.07, 6.45) is -0.310. The van der Waals surface area contributed by atoms with E-state index in [1.54, 1.807) is 6.26 Å². The van der Waals surface area contributed by atoms with Gasteiger partial charge in [0.15, 0.2) is 5.96 Å². The molecule has 0 radical (unpaired) electrons. The maximum absolute atomic E-state index is 14.0. The smallest absolute Gasteiger partial charge is 0.326 e. The van der Waals surface area contributed by atoms with E-state index < -0.39 is 200 Å². The molecule has 0 unspecified atom stereocenters. The molecule has 12 atom stereocenters. The van der Waals surface area contributed by atoms with E-state index >= 15 is 0 Å². The number of aliphatic hydroxyl groups is 2. The second-order valence-corrected chi connectivity index (χ2v) is 21.2. The van der Waals surface area contributed by atoms with Crippen LogP contribution in [0.2, 0.25) is 0 Å². The van der Waals surface area contributed by atoms with Crippen molar-refractivity contribution < 1.29 is 92.3 Å². The number of likely N-dealkylation sites (tertiary alicyclic amines) is 2. The van der Waals surface area contributed by atoms with Gasteiger partial charge in [0.05, 0.1) is 26.1 Å². The normalized spacial score (nSPS) is 18.0. The fraction of sp³-hybridized carbons (Fsp3) is 0.673. The molecule has 0 aromatic carbocycles. The first-order valence-corrected chi connectivity index (χ1v) is 28.6. The summed E-state index contributed by atoms with van der Waals surface area (Å²) in [7, 11) is 0. The third kappa shape index (κ3) is 24.3. The van der Waals surface area contributed by atoms with Crippen molar-refractivity contribution in [3.05, 3.63) is 0 Å². The largest absolute Gasteiger partial charge is 0.481 e. The van der Waals surface area contributed by atoms with Crippen molar-refractivity contribution in [3.63, 3.8) is 0 Å². The minimum absolute atomic E-state index is 0.0199. The molecule has 0 aromatic heterocycles. The molecular formula is C49H81N17O19S. The van der Waals surface area contributed by atoms with Crippen molar-refractivity contribution in [3.8, 4) is 0 Å². The Labute approximate surface area is 497 Å².